The summed E-state index contributed by atoms with van der Waals surface area (Å²) >= 11 is 2.70. The fourth-order valence-electron chi connectivity index (χ4n) is 3.76. The van der Waals surface area contributed by atoms with Gasteiger partial charge in [0.05, 0.1) is 11.1 Å². The topological polar surface area (TPSA) is 64.0 Å². The summed E-state index contributed by atoms with van der Waals surface area (Å²) in [4.78, 5) is 30.6. The number of nitrogens with zero attached hydrogens (tertiary/aromatic N) is 2. The zero-order valence-corrected chi connectivity index (χ0v) is 19.8. The molecule has 0 spiro atoms. The van der Waals surface area contributed by atoms with E-state index in [1.807, 2.05) is 41.8 Å². The average Bonchev–Trinajstić information content (AvgIpc) is 3.33. The molecule has 0 saturated heterocycles. The molecule has 5 nitrogen and oxygen atoms in total. The lowest BCUT2D eigenvalue weighted by Gasteiger charge is -2.18. The van der Waals surface area contributed by atoms with Crippen LogP contribution in [0.5, 0.6) is 0 Å². The second-order valence-electron chi connectivity index (χ2n) is 7.54. The number of hydrogen-bond donors (Lipinski definition) is 1. The third-order valence-electron chi connectivity index (χ3n) is 5.35. The van der Waals surface area contributed by atoms with Crippen LogP contribution in [0.25, 0.3) is 10.2 Å². The predicted octanol–water partition coefficient (Wildman–Crippen LogP) is 5.07. The van der Waals surface area contributed by atoms with E-state index in [2.05, 4.69) is 41.1 Å². The number of allylic oxidation sites excluding steroid dienone is 1. The zero-order chi connectivity index (χ0) is 23.0. The molecule has 0 saturated carbocycles. The van der Waals surface area contributed by atoms with Crippen LogP contribution in [0.1, 0.15) is 23.5 Å². The highest BCUT2D eigenvalue weighted by atomic mass is 32.2. The monoisotopic (exact) mass is 475 g/mol. The minimum atomic E-state index is -0.0994. The summed E-state index contributed by atoms with van der Waals surface area (Å²) in [5.74, 6) is 0.327. The first-order chi connectivity index (χ1) is 16.2. The molecular weight excluding hydrogens is 450 g/mol. The summed E-state index contributed by atoms with van der Waals surface area (Å²) in [5, 5.41) is 6.02. The van der Waals surface area contributed by atoms with Gasteiger partial charge >= 0.3 is 0 Å². The van der Waals surface area contributed by atoms with Crippen LogP contribution < -0.4 is 10.9 Å². The van der Waals surface area contributed by atoms with Gasteiger partial charge in [-0.15, -0.1) is 17.9 Å². The van der Waals surface area contributed by atoms with Crippen LogP contribution in [-0.2, 0) is 11.3 Å². The maximum atomic E-state index is 12.7. The molecule has 0 bridgehead atoms. The number of rotatable bonds is 10. The van der Waals surface area contributed by atoms with Gasteiger partial charge in [0.1, 0.15) is 4.83 Å². The molecule has 4 rings (SSSR count). The number of thioether (sulfide) groups is 1. The van der Waals surface area contributed by atoms with E-state index in [1.54, 1.807) is 16.7 Å². The van der Waals surface area contributed by atoms with Crippen molar-refractivity contribution < 1.29 is 4.79 Å². The molecule has 0 aliphatic rings. The Hall–Kier alpha value is -3.16. The van der Waals surface area contributed by atoms with Gasteiger partial charge in [0.25, 0.3) is 5.56 Å². The molecule has 0 fully saturated rings. The van der Waals surface area contributed by atoms with E-state index in [-0.39, 0.29) is 23.1 Å². The summed E-state index contributed by atoms with van der Waals surface area (Å²) in [5.41, 5.74) is 2.36. The molecule has 2 aromatic carbocycles. The lowest BCUT2D eigenvalue weighted by atomic mass is 9.88. The van der Waals surface area contributed by atoms with Crippen molar-refractivity contribution in [2.75, 3.05) is 12.3 Å². The van der Waals surface area contributed by atoms with Crippen LogP contribution in [0.4, 0.5) is 0 Å². The van der Waals surface area contributed by atoms with Crippen LogP contribution in [0.2, 0.25) is 0 Å². The van der Waals surface area contributed by atoms with Gasteiger partial charge < -0.3 is 5.32 Å². The number of carbonyl (C=O) groups excluding carboxylic acids is 1. The Morgan fingerprint density at radius 2 is 1.76 bits per heavy atom. The van der Waals surface area contributed by atoms with Gasteiger partial charge in [-0.2, -0.15) is 0 Å². The van der Waals surface area contributed by atoms with Gasteiger partial charge in [0.15, 0.2) is 5.16 Å². The van der Waals surface area contributed by atoms with Gasteiger partial charge in [-0.05, 0) is 29.0 Å². The van der Waals surface area contributed by atoms with E-state index in [4.69, 9.17) is 0 Å². The first-order valence-electron chi connectivity index (χ1n) is 10.8. The Kier molecular flexibility index (Phi) is 7.75. The quantitative estimate of drug-likeness (QED) is 0.197. The van der Waals surface area contributed by atoms with Gasteiger partial charge in [-0.3, -0.25) is 14.2 Å². The van der Waals surface area contributed by atoms with E-state index in [9.17, 15) is 9.59 Å². The first-order valence-corrected chi connectivity index (χ1v) is 12.6. The zero-order valence-electron chi connectivity index (χ0n) is 18.1. The molecule has 7 heteroatoms. The van der Waals surface area contributed by atoms with Crippen LogP contribution in [0, 0.1) is 0 Å². The maximum absolute atomic E-state index is 12.7. The minimum absolute atomic E-state index is 0.0782. The largest absolute Gasteiger partial charge is 0.355 e. The molecule has 2 aromatic heterocycles. The highest BCUT2D eigenvalue weighted by molar-refractivity contribution is 7.99. The van der Waals surface area contributed by atoms with Crippen molar-refractivity contribution in [1.29, 1.82) is 0 Å². The second-order valence-corrected chi connectivity index (χ2v) is 9.38. The SMILES string of the molecule is C=CCn1c(SCC(=O)NCCC(c2ccccc2)c2ccccc2)nc2sccc2c1=O. The summed E-state index contributed by atoms with van der Waals surface area (Å²) in [7, 11) is 0. The Morgan fingerprint density at radius 3 is 2.39 bits per heavy atom. The summed E-state index contributed by atoms with van der Waals surface area (Å²) in [6.07, 6.45) is 2.46. The van der Waals surface area contributed by atoms with Crippen LogP contribution in [0.3, 0.4) is 0 Å². The normalized spacial score (nSPS) is 11.1. The summed E-state index contributed by atoms with van der Waals surface area (Å²) in [6, 6.07) is 22.5. The number of hydrogen-bond acceptors (Lipinski definition) is 5. The lowest BCUT2D eigenvalue weighted by molar-refractivity contribution is -0.118. The Morgan fingerprint density at radius 1 is 1.09 bits per heavy atom. The molecule has 33 heavy (non-hydrogen) atoms. The molecule has 168 valence electrons. The van der Waals surface area contributed by atoms with Crippen LogP contribution >= 0.6 is 23.1 Å². The van der Waals surface area contributed by atoms with Crippen molar-refractivity contribution in [3.05, 3.63) is 106 Å². The number of amides is 1. The molecule has 1 N–H and O–H groups in total. The fourth-order valence-corrected chi connectivity index (χ4v) is 5.41. The summed E-state index contributed by atoms with van der Waals surface area (Å²) in [6.45, 7) is 4.65. The van der Waals surface area contributed by atoms with Gasteiger partial charge in [0, 0.05) is 19.0 Å². The third kappa shape index (κ3) is 5.61. The van der Waals surface area contributed by atoms with E-state index < -0.39 is 0 Å². The molecule has 4 aromatic rings. The lowest BCUT2D eigenvalue weighted by Crippen LogP contribution is -2.28. The van der Waals surface area contributed by atoms with E-state index >= 15 is 0 Å². The molecular formula is C26H25N3O2S2. The molecule has 0 unspecified atom stereocenters. The predicted molar refractivity (Wildman–Crippen MR) is 137 cm³/mol. The maximum Gasteiger partial charge on any atom is 0.263 e. The van der Waals surface area contributed by atoms with Gasteiger partial charge in [-0.1, -0.05) is 78.5 Å². The Balaban J connectivity index is 1.39. The van der Waals surface area contributed by atoms with Crippen LogP contribution in [-0.4, -0.2) is 27.8 Å². The smallest absolute Gasteiger partial charge is 0.263 e. The van der Waals surface area contributed by atoms with Crippen LogP contribution in [0.15, 0.2) is 94.7 Å². The van der Waals surface area contributed by atoms with Crippen molar-refractivity contribution >= 4 is 39.2 Å². The molecule has 0 radical (unpaired) electrons. The minimum Gasteiger partial charge on any atom is -0.355 e. The van der Waals surface area contributed by atoms with Gasteiger partial charge in [0.2, 0.25) is 5.91 Å². The summed E-state index contributed by atoms with van der Waals surface area (Å²) < 4.78 is 1.57. The Bertz CT molecular complexity index is 1240. The molecule has 0 atom stereocenters. The van der Waals surface area contributed by atoms with Crippen molar-refractivity contribution in [3.63, 3.8) is 0 Å². The Labute approximate surface area is 201 Å². The first kappa shape index (κ1) is 23.0. The standard InChI is InChI=1S/C26H25N3O2S2/c1-2-16-29-25(31)22-14-17-32-24(22)28-26(29)33-18-23(30)27-15-13-21(19-9-5-3-6-10-19)20-11-7-4-8-12-20/h2-12,14,17,21H,1,13,15-16,18H2,(H,27,30). The highest BCUT2D eigenvalue weighted by Gasteiger charge is 2.16. The third-order valence-corrected chi connectivity index (χ3v) is 7.13. The second kappa shape index (κ2) is 11.1. The van der Waals surface area contributed by atoms with Crippen molar-refractivity contribution in [2.45, 2.75) is 24.0 Å². The van der Waals surface area contributed by atoms with Crippen molar-refractivity contribution in [2.24, 2.45) is 0 Å². The average molecular weight is 476 g/mol. The number of thiophene rings is 1. The van der Waals surface area contributed by atoms with E-state index in [0.717, 1.165) is 6.42 Å². The fraction of sp³-hybridized carbons (Fsp3) is 0.192. The number of carbonyl (C=O) groups is 1. The molecule has 1 amide bonds. The van der Waals surface area contributed by atoms with Crippen molar-refractivity contribution in [1.82, 2.24) is 14.9 Å². The molecule has 2 heterocycles. The molecule has 0 aliphatic heterocycles. The van der Waals surface area contributed by atoms with Crippen molar-refractivity contribution in [3.8, 4) is 0 Å². The number of aromatic nitrogens is 2. The highest BCUT2D eigenvalue weighted by Crippen LogP contribution is 2.27. The van der Waals surface area contributed by atoms with E-state index in [0.29, 0.717) is 28.5 Å². The molecule has 0 aliphatic carbocycles. The number of nitrogens with one attached hydrogen (secondary N) is 1. The number of benzene rings is 2. The van der Waals surface area contributed by atoms with Gasteiger partial charge in [-0.25, -0.2) is 4.98 Å². The number of fused-ring (bicyclic) bond motifs is 1. The van der Waals surface area contributed by atoms with E-state index in [1.165, 1.54) is 34.2 Å².